The maximum atomic E-state index is 5.09. The van der Waals surface area contributed by atoms with Gasteiger partial charge in [0.15, 0.2) is 0 Å². The molecule has 2 aromatic heterocycles. The van der Waals surface area contributed by atoms with E-state index in [0.717, 1.165) is 33.4 Å². The highest BCUT2D eigenvalue weighted by molar-refractivity contribution is 5.87. The maximum absolute atomic E-state index is 5.09. The van der Waals surface area contributed by atoms with Crippen LogP contribution in [-0.2, 0) is 0 Å². The molecular weight excluding hydrogens is 564 g/mol. The van der Waals surface area contributed by atoms with E-state index in [-0.39, 0.29) is 0 Å². The minimum absolute atomic E-state index is 0.989. The van der Waals surface area contributed by atoms with E-state index in [9.17, 15) is 0 Å². The lowest BCUT2D eigenvalue weighted by Gasteiger charge is -2.25. The van der Waals surface area contributed by atoms with Crippen LogP contribution in [0.15, 0.2) is 0 Å². The zero-order chi connectivity index (χ0) is 33.8. The summed E-state index contributed by atoms with van der Waals surface area (Å²) in [7, 11) is 0. The van der Waals surface area contributed by atoms with E-state index < -0.39 is 0 Å². The van der Waals surface area contributed by atoms with E-state index in [0.29, 0.717) is 0 Å². The van der Waals surface area contributed by atoms with Gasteiger partial charge in [0.1, 0.15) is 22.1 Å². The molecule has 0 amide bonds. The number of hydrogen-bond acceptors (Lipinski definition) is 4. The lowest BCUT2D eigenvalue weighted by atomic mass is 9.81. The lowest BCUT2D eigenvalue weighted by molar-refractivity contribution is 0.750. The molecule has 0 saturated heterocycles. The highest BCUT2D eigenvalue weighted by Gasteiger charge is 2.26. The average molecular weight is 613 g/mol. The van der Waals surface area contributed by atoms with Crippen molar-refractivity contribution in [2.24, 2.45) is 0 Å². The zero-order valence-electron chi connectivity index (χ0n) is 30.7. The van der Waals surface area contributed by atoms with Crippen LogP contribution in [0.25, 0.3) is 44.6 Å². The Morgan fingerprint density at radius 2 is 0.435 bits per heavy atom. The smallest absolute Gasteiger partial charge is 0.117 e. The Morgan fingerprint density at radius 3 is 0.630 bits per heavy atom. The van der Waals surface area contributed by atoms with Crippen molar-refractivity contribution in [2.45, 2.75) is 111 Å². The summed E-state index contributed by atoms with van der Waals surface area (Å²) in [6.07, 6.45) is 0. The topological polar surface area (TPSA) is 61.4 Å². The van der Waals surface area contributed by atoms with Crippen molar-refractivity contribution in [1.29, 1.82) is 0 Å². The van der Waals surface area contributed by atoms with E-state index in [1.807, 2.05) is 9.59 Å². The Kier molecular flexibility index (Phi) is 7.30. The van der Waals surface area contributed by atoms with Crippen LogP contribution < -0.4 is 0 Å². The molecule has 0 radical (unpaired) electrons. The molecule has 0 fully saturated rings. The Bertz CT molecular complexity index is 2000. The first kappa shape index (κ1) is 31.7. The summed E-state index contributed by atoms with van der Waals surface area (Å²) in [6.45, 7) is 35.3. The highest BCUT2D eigenvalue weighted by atomic mass is 15.5. The molecule has 6 rings (SSSR count). The van der Waals surface area contributed by atoms with Crippen LogP contribution in [0.2, 0.25) is 0 Å². The fourth-order valence-electron chi connectivity index (χ4n) is 7.59. The summed E-state index contributed by atoms with van der Waals surface area (Å²) >= 11 is 0. The number of rotatable bonds is 3. The molecule has 0 N–H and O–H groups in total. The molecule has 2 heterocycles. The molecule has 46 heavy (non-hydrogen) atoms. The van der Waals surface area contributed by atoms with Crippen LogP contribution in [0.4, 0.5) is 0 Å². The highest BCUT2D eigenvalue weighted by Crippen LogP contribution is 2.43. The molecular formula is C40H48N6. The van der Waals surface area contributed by atoms with Crippen molar-refractivity contribution in [1.82, 2.24) is 30.0 Å². The van der Waals surface area contributed by atoms with E-state index >= 15 is 0 Å². The molecule has 0 saturated carbocycles. The van der Waals surface area contributed by atoms with E-state index in [4.69, 9.17) is 20.4 Å². The van der Waals surface area contributed by atoms with Crippen molar-refractivity contribution < 1.29 is 0 Å². The molecule has 0 atom stereocenters. The molecule has 0 bridgehead atoms. The monoisotopic (exact) mass is 612 g/mol. The van der Waals surface area contributed by atoms with Crippen molar-refractivity contribution in [2.75, 3.05) is 0 Å². The predicted octanol–water partition coefficient (Wildman–Crippen LogP) is 9.76. The number of fused-ring (bicyclic) bond motifs is 2. The van der Waals surface area contributed by atoms with Crippen molar-refractivity contribution in [3.63, 3.8) is 0 Å². The number of aromatic nitrogens is 6. The van der Waals surface area contributed by atoms with Crippen LogP contribution in [0.5, 0.6) is 0 Å². The molecule has 0 unspecified atom stereocenters. The average Bonchev–Trinajstić information content (AvgIpc) is 3.67. The summed E-state index contributed by atoms with van der Waals surface area (Å²) in [5, 5.41) is 20.4. The molecule has 0 aliphatic heterocycles. The summed E-state index contributed by atoms with van der Waals surface area (Å²) in [5.74, 6) is 0. The van der Waals surface area contributed by atoms with Gasteiger partial charge in [-0.25, -0.2) is 0 Å². The van der Waals surface area contributed by atoms with Gasteiger partial charge in [-0.1, -0.05) is 0 Å². The Balaban J connectivity index is 1.58. The van der Waals surface area contributed by atoms with Gasteiger partial charge < -0.3 is 0 Å². The van der Waals surface area contributed by atoms with Gasteiger partial charge in [-0.15, -0.1) is 30.0 Å². The second-order valence-corrected chi connectivity index (χ2v) is 13.8. The van der Waals surface area contributed by atoms with E-state index in [1.54, 1.807) is 0 Å². The molecule has 238 valence electrons. The van der Waals surface area contributed by atoms with Crippen molar-refractivity contribution in [3.05, 3.63) is 89.0 Å². The van der Waals surface area contributed by atoms with Crippen LogP contribution in [0, 0.1) is 111 Å². The van der Waals surface area contributed by atoms with Crippen LogP contribution in [-0.4, -0.2) is 30.0 Å². The Hall–Kier alpha value is -4.32. The normalized spacial score (nSPS) is 11.9. The van der Waals surface area contributed by atoms with Gasteiger partial charge in [0, 0.05) is 0 Å². The quantitative estimate of drug-likeness (QED) is 0.200. The van der Waals surface area contributed by atoms with Crippen LogP contribution >= 0.6 is 0 Å². The number of benzene rings is 4. The Morgan fingerprint density at radius 1 is 0.239 bits per heavy atom. The summed E-state index contributed by atoms with van der Waals surface area (Å²) in [6, 6.07) is 0. The largest absolute Gasteiger partial charge is 0.150 e. The minimum atomic E-state index is 0.989. The first-order valence-electron chi connectivity index (χ1n) is 16.4. The first-order valence-corrected chi connectivity index (χ1v) is 16.4. The Labute approximate surface area is 273 Å². The van der Waals surface area contributed by atoms with E-state index in [2.05, 4.69) is 111 Å². The van der Waals surface area contributed by atoms with Crippen LogP contribution in [0.1, 0.15) is 89.0 Å². The fraction of sp³-hybridized carbons (Fsp3) is 0.400. The summed E-state index contributed by atoms with van der Waals surface area (Å²) in [5.41, 5.74) is 28.6. The zero-order valence-corrected chi connectivity index (χ0v) is 30.7. The van der Waals surface area contributed by atoms with Gasteiger partial charge in [0.25, 0.3) is 0 Å². The summed E-state index contributed by atoms with van der Waals surface area (Å²) < 4.78 is 0. The third kappa shape index (κ3) is 4.14. The van der Waals surface area contributed by atoms with Gasteiger partial charge in [0.05, 0.1) is 11.4 Å². The van der Waals surface area contributed by atoms with Gasteiger partial charge in [-0.05, 0) is 211 Å². The second kappa shape index (κ2) is 10.6. The number of nitrogens with zero attached hydrogens (tertiary/aromatic N) is 6. The van der Waals surface area contributed by atoms with Crippen molar-refractivity contribution in [3.8, 4) is 22.5 Å². The fourth-order valence-corrected chi connectivity index (χ4v) is 7.59. The molecule has 6 heteroatoms. The van der Waals surface area contributed by atoms with Crippen molar-refractivity contribution >= 4 is 22.1 Å². The lowest BCUT2D eigenvalue weighted by Crippen LogP contribution is -2.12. The predicted molar refractivity (Wildman–Crippen MR) is 193 cm³/mol. The van der Waals surface area contributed by atoms with E-state index in [1.165, 1.54) is 100 Å². The summed E-state index contributed by atoms with van der Waals surface area (Å²) in [4.78, 5) is 3.78. The standard InChI is InChI=1S/C40H48N6/c1-17-18(2)26(10)36-35(25(17)9)41-45(42-36)39-29(13)21(5)33(22(6)30(39)14)34-23(7)31(15)40(32(16)24(34)8)46-43-37-27(11)19(3)20(4)28(12)38(37)44-46/h1-16H3. The first-order chi connectivity index (χ1) is 21.5. The third-order valence-corrected chi connectivity index (χ3v) is 11.8. The third-order valence-electron chi connectivity index (χ3n) is 11.8. The molecule has 0 aliphatic carbocycles. The maximum Gasteiger partial charge on any atom is 0.117 e. The molecule has 6 nitrogen and oxygen atoms in total. The molecule has 0 aliphatic rings. The second-order valence-electron chi connectivity index (χ2n) is 13.8. The van der Waals surface area contributed by atoms with Gasteiger partial charge in [0.2, 0.25) is 0 Å². The number of aryl methyl sites for hydroxylation is 4. The van der Waals surface area contributed by atoms with Crippen LogP contribution in [0.3, 0.4) is 0 Å². The minimum Gasteiger partial charge on any atom is -0.150 e. The van der Waals surface area contributed by atoms with Gasteiger partial charge >= 0.3 is 0 Å². The molecule has 4 aromatic carbocycles. The van der Waals surface area contributed by atoms with Gasteiger partial charge in [-0.2, -0.15) is 0 Å². The molecule has 6 aromatic rings. The SMILES string of the molecule is Cc1c(C)c(-n2nc3c(C)c(C)c(C)c(C)c3n2)c(C)c(C)c1-c1c(C)c(C)c(-n2nc3c(C)c(C)c(C)c(C)c3n2)c(C)c1C. The number of hydrogen-bond donors (Lipinski definition) is 0. The molecule has 0 spiro atoms. The van der Waals surface area contributed by atoms with Gasteiger partial charge in [-0.3, -0.25) is 0 Å².